The lowest BCUT2D eigenvalue weighted by molar-refractivity contribution is -0.129. The molecule has 0 radical (unpaired) electrons. The molecular formula is C33H40FN3O6S. The SMILES string of the molecule is CC[C@H](C)CN(C[C@@H](O)[C@H](Cc1ccccc1)NC(=O)[C@@H]1CN(c2cccc(C)c2)C(=O)O1)S(=O)(=O)c1ccc(C)c(F)c1. The van der Waals surface area contributed by atoms with E-state index in [-0.39, 0.29) is 36.9 Å². The molecule has 0 unspecified atom stereocenters. The summed E-state index contributed by atoms with van der Waals surface area (Å²) in [6.45, 7) is 6.98. The van der Waals surface area contributed by atoms with Crippen LogP contribution in [0.2, 0.25) is 0 Å². The fraction of sp³-hybridized carbons (Fsp3) is 0.394. The van der Waals surface area contributed by atoms with Gasteiger partial charge >= 0.3 is 6.09 Å². The highest BCUT2D eigenvalue weighted by atomic mass is 32.2. The molecule has 1 heterocycles. The number of carbonyl (C=O) groups excluding carboxylic acids is 2. The van der Waals surface area contributed by atoms with Gasteiger partial charge in [-0.2, -0.15) is 4.31 Å². The molecule has 2 amide bonds. The van der Waals surface area contributed by atoms with E-state index in [1.165, 1.54) is 17.0 Å². The largest absolute Gasteiger partial charge is 0.434 e. The minimum absolute atomic E-state index is 0.0181. The third-order valence-electron chi connectivity index (χ3n) is 7.89. The Kier molecular flexibility index (Phi) is 10.8. The minimum atomic E-state index is -4.20. The smallest absolute Gasteiger partial charge is 0.415 e. The number of ether oxygens (including phenoxy) is 1. The van der Waals surface area contributed by atoms with Crippen molar-refractivity contribution in [3.05, 3.63) is 95.3 Å². The first-order valence-electron chi connectivity index (χ1n) is 14.7. The Bertz CT molecular complexity index is 1570. The Labute approximate surface area is 258 Å². The maximum Gasteiger partial charge on any atom is 0.415 e. The van der Waals surface area contributed by atoms with E-state index in [0.717, 1.165) is 21.5 Å². The molecule has 9 nitrogen and oxygen atoms in total. The summed E-state index contributed by atoms with van der Waals surface area (Å²) in [5.41, 5.74) is 2.67. The van der Waals surface area contributed by atoms with Crippen molar-refractivity contribution < 1.29 is 32.2 Å². The van der Waals surface area contributed by atoms with Crippen molar-refractivity contribution >= 4 is 27.7 Å². The van der Waals surface area contributed by atoms with Crippen LogP contribution >= 0.6 is 0 Å². The van der Waals surface area contributed by atoms with Crippen molar-refractivity contribution in [2.45, 2.75) is 63.7 Å². The molecule has 1 saturated heterocycles. The van der Waals surface area contributed by atoms with Gasteiger partial charge < -0.3 is 15.2 Å². The number of halogens is 1. The van der Waals surface area contributed by atoms with Crippen molar-refractivity contribution in [2.75, 3.05) is 24.5 Å². The van der Waals surface area contributed by atoms with E-state index >= 15 is 0 Å². The van der Waals surface area contributed by atoms with E-state index < -0.39 is 46.1 Å². The van der Waals surface area contributed by atoms with Crippen LogP contribution in [-0.4, -0.2) is 67.7 Å². The van der Waals surface area contributed by atoms with Gasteiger partial charge in [-0.1, -0.05) is 68.8 Å². The average molecular weight is 626 g/mol. The van der Waals surface area contributed by atoms with Crippen molar-refractivity contribution in [2.24, 2.45) is 5.92 Å². The second kappa shape index (κ2) is 14.3. The lowest BCUT2D eigenvalue weighted by Gasteiger charge is -2.31. The summed E-state index contributed by atoms with van der Waals surface area (Å²) >= 11 is 0. The summed E-state index contributed by atoms with van der Waals surface area (Å²) in [5.74, 6) is -1.31. The fourth-order valence-corrected chi connectivity index (χ4v) is 6.59. The molecule has 3 aromatic carbocycles. The molecule has 0 saturated carbocycles. The van der Waals surface area contributed by atoms with Gasteiger partial charge in [-0.05, 0) is 67.1 Å². The number of cyclic esters (lactones) is 1. The molecule has 0 aromatic heterocycles. The van der Waals surface area contributed by atoms with Crippen molar-refractivity contribution in [1.29, 1.82) is 0 Å². The monoisotopic (exact) mass is 625 g/mol. The molecule has 0 bridgehead atoms. The molecule has 1 fully saturated rings. The van der Waals surface area contributed by atoms with Crippen LogP contribution in [-0.2, 0) is 26.0 Å². The number of sulfonamides is 1. The second-order valence-electron chi connectivity index (χ2n) is 11.4. The van der Waals surface area contributed by atoms with Crippen molar-refractivity contribution in [3.63, 3.8) is 0 Å². The van der Waals surface area contributed by atoms with Crippen LogP contribution in [0.3, 0.4) is 0 Å². The number of aryl methyl sites for hydroxylation is 2. The maximum atomic E-state index is 14.4. The van der Waals surface area contributed by atoms with Crippen LogP contribution < -0.4 is 10.2 Å². The van der Waals surface area contributed by atoms with Gasteiger partial charge in [0.15, 0.2) is 6.10 Å². The van der Waals surface area contributed by atoms with Crippen LogP contribution in [0.25, 0.3) is 0 Å². The Morgan fingerprint density at radius 3 is 2.48 bits per heavy atom. The summed E-state index contributed by atoms with van der Waals surface area (Å²) in [6.07, 6.45) is -2.28. The van der Waals surface area contributed by atoms with Crippen LogP contribution in [0.5, 0.6) is 0 Å². The molecule has 3 aromatic rings. The molecule has 2 N–H and O–H groups in total. The third kappa shape index (κ3) is 8.02. The number of aliphatic hydroxyl groups is 1. The fourth-order valence-electron chi connectivity index (χ4n) is 5.00. The second-order valence-corrected chi connectivity index (χ2v) is 13.4. The summed E-state index contributed by atoms with van der Waals surface area (Å²) in [4.78, 5) is 27.3. The predicted molar refractivity (Wildman–Crippen MR) is 166 cm³/mol. The first-order chi connectivity index (χ1) is 20.9. The first kappa shape index (κ1) is 33.1. The van der Waals surface area contributed by atoms with Crippen LogP contribution in [0.1, 0.15) is 37.0 Å². The van der Waals surface area contributed by atoms with Crippen LogP contribution in [0.15, 0.2) is 77.7 Å². The molecule has 4 atom stereocenters. The number of anilines is 1. The van der Waals surface area contributed by atoms with E-state index in [4.69, 9.17) is 4.74 Å². The Balaban J connectivity index is 1.57. The van der Waals surface area contributed by atoms with Crippen molar-refractivity contribution in [3.8, 4) is 0 Å². The number of hydrogen-bond donors (Lipinski definition) is 2. The number of aliphatic hydroxyl groups excluding tert-OH is 1. The zero-order chi connectivity index (χ0) is 32.0. The van der Waals surface area contributed by atoms with E-state index in [1.807, 2.05) is 69.3 Å². The van der Waals surface area contributed by atoms with E-state index in [2.05, 4.69) is 5.32 Å². The molecule has 44 heavy (non-hydrogen) atoms. The van der Waals surface area contributed by atoms with E-state index in [0.29, 0.717) is 17.7 Å². The number of carbonyl (C=O) groups is 2. The number of hydrogen-bond acceptors (Lipinski definition) is 6. The topological polar surface area (TPSA) is 116 Å². The van der Waals surface area contributed by atoms with Gasteiger partial charge in [0.25, 0.3) is 5.91 Å². The summed E-state index contributed by atoms with van der Waals surface area (Å²) in [6, 6.07) is 19.2. The average Bonchev–Trinajstić information content (AvgIpc) is 3.39. The Morgan fingerprint density at radius 2 is 1.82 bits per heavy atom. The van der Waals surface area contributed by atoms with E-state index in [1.54, 1.807) is 13.0 Å². The highest BCUT2D eigenvalue weighted by Crippen LogP contribution is 2.24. The Morgan fingerprint density at radius 1 is 1.09 bits per heavy atom. The standard InChI is InChI=1S/C33H40FN3O6S/c1-5-22(2)19-36(44(41,42)27-15-14-24(4)28(34)18-27)20-30(38)29(17-25-11-7-6-8-12-25)35-32(39)31-21-37(33(40)43-31)26-13-9-10-23(3)16-26/h6-16,18,22,29-31,38H,5,17,19-21H2,1-4H3,(H,35,39)/t22-,29-,30+,31-/m0/s1. The molecule has 1 aliphatic rings. The number of amides is 2. The predicted octanol–water partition coefficient (Wildman–Crippen LogP) is 4.59. The third-order valence-corrected chi connectivity index (χ3v) is 9.72. The normalized spacial score (nSPS) is 17.3. The van der Waals surface area contributed by atoms with Gasteiger partial charge in [0, 0.05) is 18.8 Å². The maximum absolute atomic E-state index is 14.4. The van der Waals surface area contributed by atoms with Gasteiger partial charge in [-0.3, -0.25) is 9.69 Å². The zero-order valence-electron chi connectivity index (χ0n) is 25.4. The number of nitrogens with zero attached hydrogens (tertiary/aromatic N) is 2. The molecule has 4 rings (SSSR count). The zero-order valence-corrected chi connectivity index (χ0v) is 26.3. The van der Waals surface area contributed by atoms with Crippen molar-refractivity contribution in [1.82, 2.24) is 9.62 Å². The molecule has 1 aliphatic heterocycles. The minimum Gasteiger partial charge on any atom is -0.434 e. The van der Waals surface area contributed by atoms with Gasteiger partial charge in [0.05, 0.1) is 23.6 Å². The van der Waals surface area contributed by atoms with Crippen LogP contribution in [0, 0.1) is 25.6 Å². The molecule has 11 heteroatoms. The summed E-state index contributed by atoms with van der Waals surface area (Å²) < 4.78 is 48.4. The molecule has 236 valence electrons. The van der Waals surface area contributed by atoms with Gasteiger partial charge in [0.2, 0.25) is 10.0 Å². The highest BCUT2D eigenvalue weighted by molar-refractivity contribution is 7.89. The number of nitrogens with one attached hydrogen (secondary N) is 1. The molecule has 0 aliphatic carbocycles. The summed E-state index contributed by atoms with van der Waals surface area (Å²) in [7, 11) is -4.20. The van der Waals surface area contributed by atoms with Crippen LogP contribution in [0.4, 0.5) is 14.9 Å². The highest BCUT2D eigenvalue weighted by Gasteiger charge is 2.39. The summed E-state index contributed by atoms with van der Waals surface area (Å²) in [5, 5.41) is 14.3. The van der Waals surface area contributed by atoms with Gasteiger partial charge in [-0.15, -0.1) is 0 Å². The van der Waals surface area contributed by atoms with E-state index in [9.17, 15) is 27.5 Å². The van der Waals surface area contributed by atoms with Gasteiger partial charge in [-0.25, -0.2) is 17.6 Å². The number of benzene rings is 3. The lowest BCUT2D eigenvalue weighted by Crippen LogP contribution is -2.53. The lowest BCUT2D eigenvalue weighted by atomic mass is 10.0. The first-order valence-corrected chi connectivity index (χ1v) is 16.2. The Hall–Kier alpha value is -3.80. The number of rotatable bonds is 13. The quantitative estimate of drug-likeness (QED) is 0.287. The van der Waals surface area contributed by atoms with Gasteiger partial charge in [0.1, 0.15) is 5.82 Å². The molecule has 0 spiro atoms. The molecular weight excluding hydrogens is 585 g/mol.